The van der Waals surface area contributed by atoms with Crippen LogP contribution in [0.1, 0.15) is 20.8 Å². The second-order valence-corrected chi connectivity index (χ2v) is 9.00. The number of hydrogen-bond donors (Lipinski definition) is 1. The van der Waals surface area contributed by atoms with Crippen LogP contribution in [0.4, 0.5) is 0 Å². The third kappa shape index (κ3) is 2.42. The van der Waals surface area contributed by atoms with Crippen LogP contribution in [-0.2, 0) is 23.9 Å². The van der Waals surface area contributed by atoms with E-state index in [1.54, 1.807) is 13.8 Å². The molecule has 114 valence electrons. The van der Waals surface area contributed by atoms with E-state index < -0.39 is 38.9 Å². The Hall–Kier alpha value is -0.800. The Morgan fingerprint density at radius 3 is 2.50 bits per heavy atom. The Labute approximate surface area is 121 Å². The molecule has 1 N–H and O–H groups in total. The van der Waals surface area contributed by atoms with Crippen LogP contribution >= 0.6 is 11.8 Å². The SMILES string of the molecule is CC(OS(C)(=O)=O)[C@@H]1C(=O)N2[C@@H]1SC(C)(C)[C@@H]2C(=O)O. The van der Waals surface area contributed by atoms with E-state index in [4.69, 9.17) is 4.18 Å². The van der Waals surface area contributed by atoms with Gasteiger partial charge in [0.1, 0.15) is 6.04 Å². The average Bonchev–Trinajstić information content (AvgIpc) is 2.44. The van der Waals surface area contributed by atoms with Gasteiger partial charge in [0.05, 0.1) is 23.7 Å². The zero-order valence-corrected chi connectivity index (χ0v) is 13.2. The molecule has 1 amide bonds. The summed E-state index contributed by atoms with van der Waals surface area (Å²) in [6.45, 7) is 5.05. The number of carbonyl (C=O) groups is 2. The third-order valence-electron chi connectivity index (χ3n) is 3.55. The van der Waals surface area contributed by atoms with Crippen LogP contribution in [-0.4, -0.2) is 58.8 Å². The van der Waals surface area contributed by atoms with Crippen molar-refractivity contribution in [1.82, 2.24) is 4.90 Å². The first-order chi connectivity index (χ1) is 8.96. The Bertz CT molecular complexity index is 557. The van der Waals surface area contributed by atoms with Crippen molar-refractivity contribution in [2.45, 2.75) is 43.0 Å². The zero-order valence-electron chi connectivity index (χ0n) is 11.6. The fraction of sp³-hybridized carbons (Fsp3) is 0.818. The van der Waals surface area contributed by atoms with Crippen LogP contribution in [0.25, 0.3) is 0 Å². The molecule has 7 nitrogen and oxygen atoms in total. The van der Waals surface area contributed by atoms with E-state index in [0.29, 0.717) is 0 Å². The maximum Gasteiger partial charge on any atom is 0.327 e. The van der Waals surface area contributed by atoms with Gasteiger partial charge in [-0.15, -0.1) is 11.8 Å². The van der Waals surface area contributed by atoms with Crippen molar-refractivity contribution in [3.63, 3.8) is 0 Å². The van der Waals surface area contributed by atoms with Gasteiger partial charge in [0, 0.05) is 4.75 Å². The number of carbonyl (C=O) groups excluding carboxylic acids is 1. The normalized spacial score (nSPS) is 33.5. The minimum absolute atomic E-state index is 0.352. The molecule has 2 rings (SSSR count). The van der Waals surface area contributed by atoms with Gasteiger partial charge >= 0.3 is 5.97 Å². The van der Waals surface area contributed by atoms with Crippen molar-refractivity contribution in [2.24, 2.45) is 5.92 Å². The van der Waals surface area contributed by atoms with E-state index in [2.05, 4.69) is 0 Å². The first-order valence-corrected chi connectivity index (χ1v) is 8.76. The molecule has 1 unspecified atom stereocenters. The lowest BCUT2D eigenvalue weighted by atomic mass is 9.88. The van der Waals surface area contributed by atoms with Gasteiger partial charge in [-0.2, -0.15) is 8.42 Å². The summed E-state index contributed by atoms with van der Waals surface area (Å²) in [7, 11) is -3.65. The molecule has 2 aliphatic heterocycles. The van der Waals surface area contributed by atoms with Crippen LogP contribution in [0.5, 0.6) is 0 Å². The highest BCUT2D eigenvalue weighted by atomic mass is 32.2. The number of carboxylic acids is 1. The number of amides is 1. The van der Waals surface area contributed by atoms with Gasteiger partial charge in [-0.1, -0.05) is 0 Å². The number of rotatable bonds is 4. The predicted molar refractivity (Wildman–Crippen MR) is 72.6 cm³/mol. The molecule has 0 aromatic rings. The Morgan fingerprint density at radius 1 is 1.50 bits per heavy atom. The van der Waals surface area contributed by atoms with Crippen LogP contribution in [0, 0.1) is 5.92 Å². The number of β-lactam (4-membered cyclic amide) rings is 1. The maximum atomic E-state index is 12.1. The van der Waals surface area contributed by atoms with Gasteiger partial charge in [0.2, 0.25) is 5.91 Å². The molecule has 0 radical (unpaired) electrons. The highest BCUT2D eigenvalue weighted by Gasteiger charge is 2.65. The molecule has 0 saturated carbocycles. The van der Waals surface area contributed by atoms with Gasteiger partial charge in [-0.05, 0) is 20.8 Å². The molecule has 2 aliphatic rings. The summed E-state index contributed by atoms with van der Waals surface area (Å²) in [5.41, 5.74) is 0. The highest BCUT2D eigenvalue weighted by molar-refractivity contribution is 8.01. The molecule has 0 aliphatic carbocycles. The summed E-state index contributed by atoms with van der Waals surface area (Å²) in [5, 5.41) is 8.91. The number of thioether (sulfide) groups is 1. The largest absolute Gasteiger partial charge is 0.480 e. The Morgan fingerprint density at radius 2 is 2.05 bits per heavy atom. The molecule has 2 heterocycles. The van der Waals surface area contributed by atoms with Gasteiger partial charge in [0.25, 0.3) is 10.1 Å². The minimum Gasteiger partial charge on any atom is -0.480 e. The standard InChI is InChI=1S/C11H17NO6S2/c1-5(18-20(4,16)17)6-8(13)12-7(10(14)15)11(2,3)19-9(6)12/h5-7,9H,1-4H3,(H,14,15)/t5?,6-,7+,9-/m1/s1. The Kier molecular flexibility index (Phi) is 3.59. The van der Waals surface area contributed by atoms with Crippen LogP contribution in [0.2, 0.25) is 0 Å². The van der Waals surface area contributed by atoms with E-state index >= 15 is 0 Å². The quantitative estimate of drug-likeness (QED) is 0.579. The lowest BCUT2D eigenvalue weighted by molar-refractivity contribution is -0.167. The number of carboxylic acid groups (broad SMARTS) is 1. The van der Waals surface area contributed by atoms with Gasteiger partial charge < -0.3 is 10.0 Å². The van der Waals surface area contributed by atoms with E-state index in [0.717, 1.165) is 6.26 Å². The van der Waals surface area contributed by atoms with Crippen molar-refractivity contribution in [3.8, 4) is 0 Å². The zero-order chi connectivity index (χ0) is 15.5. The molecule has 0 spiro atoms. The second-order valence-electron chi connectivity index (χ2n) is 5.63. The van der Waals surface area contributed by atoms with Gasteiger partial charge in [0.15, 0.2) is 0 Å². The summed E-state index contributed by atoms with van der Waals surface area (Å²) in [4.78, 5) is 24.8. The predicted octanol–water partition coefficient (Wildman–Crippen LogP) is 0.114. The fourth-order valence-electron chi connectivity index (χ4n) is 2.81. The topological polar surface area (TPSA) is 101 Å². The molecular weight excluding hydrogens is 306 g/mol. The lowest BCUT2D eigenvalue weighted by Gasteiger charge is -2.45. The highest BCUT2D eigenvalue weighted by Crippen LogP contribution is 2.54. The van der Waals surface area contributed by atoms with Crippen molar-refractivity contribution < 1.29 is 27.3 Å². The van der Waals surface area contributed by atoms with Crippen molar-refractivity contribution in [3.05, 3.63) is 0 Å². The molecule has 0 aromatic carbocycles. The summed E-state index contributed by atoms with van der Waals surface area (Å²) in [6, 6.07) is -0.897. The third-order valence-corrected chi connectivity index (χ3v) is 5.79. The number of nitrogens with zero attached hydrogens (tertiary/aromatic N) is 1. The lowest BCUT2D eigenvalue weighted by Crippen LogP contribution is -2.65. The van der Waals surface area contributed by atoms with E-state index in [-0.39, 0.29) is 11.3 Å². The maximum absolute atomic E-state index is 12.1. The minimum atomic E-state index is -3.65. The first kappa shape index (κ1) is 15.6. The monoisotopic (exact) mass is 323 g/mol. The molecule has 0 aromatic heterocycles. The van der Waals surface area contributed by atoms with Crippen molar-refractivity contribution >= 4 is 33.8 Å². The van der Waals surface area contributed by atoms with Crippen molar-refractivity contribution in [2.75, 3.05) is 6.26 Å². The molecule has 2 saturated heterocycles. The molecule has 9 heteroatoms. The smallest absolute Gasteiger partial charge is 0.327 e. The summed E-state index contributed by atoms with van der Waals surface area (Å²) in [5.74, 6) is -2.04. The van der Waals surface area contributed by atoms with Gasteiger partial charge in [-0.25, -0.2) is 4.79 Å². The summed E-state index contributed by atoms with van der Waals surface area (Å²) >= 11 is 1.37. The molecular formula is C11H17NO6S2. The van der Waals surface area contributed by atoms with Gasteiger partial charge in [-0.3, -0.25) is 8.98 Å². The summed E-state index contributed by atoms with van der Waals surface area (Å²) in [6.07, 6.45) is 0.130. The molecule has 4 atom stereocenters. The van der Waals surface area contributed by atoms with E-state index in [9.17, 15) is 23.1 Å². The van der Waals surface area contributed by atoms with E-state index in [1.165, 1.54) is 23.6 Å². The number of aliphatic carboxylic acids is 1. The van der Waals surface area contributed by atoms with E-state index in [1.807, 2.05) is 0 Å². The number of fused-ring (bicyclic) bond motifs is 1. The average molecular weight is 323 g/mol. The fourth-order valence-corrected chi connectivity index (χ4v) is 5.27. The molecule has 0 bridgehead atoms. The molecule has 2 fully saturated rings. The first-order valence-electron chi connectivity index (χ1n) is 6.07. The number of hydrogen-bond acceptors (Lipinski definition) is 6. The van der Waals surface area contributed by atoms with Crippen LogP contribution in [0.3, 0.4) is 0 Å². The van der Waals surface area contributed by atoms with Crippen LogP contribution in [0.15, 0.2) is 0 Å². The van der Waals surface area contributed by atoms with Crippen LogP contribution < -0.4 is 0 Å². The summed E-state index contributed by atoms with van der Waals surface area (Å²) < 4.78 is 26.5. The Balaban J connectivity index is 2.21. The molecule has 20 heavy (non-hydrogen) atoms. The van der Waals surface area contributed by atoms with Crippen molar-refractivity contribution in [1.29, 1.82) is 0 Å². The second kappa shape index (κ2) is 4.60.